The Balaban J connectivity index is 1.06. The second-order valence-electron chi connectivity index (χ2n) is 9.83. The van der Waals surface area contributed by atoms with Crippen molar-refractivity contribution in [2.75, 3.05) is 21.0 Å². The topological polar surface area (TPSA) is 66.5 Å². The van der Waals surface area contributed by atoms with Crippen molar-refractivity contribution in [1.82, 2.24) is 4.90 Å². The van der Waals surface area contributed by atoms with Gasteiger partial charge < -0.3 is 28.6 Å². The third-order valence-corrected chi connectivity index (χ3v) is 8.60. The molecule has 0 aromatic heterocycles. The lowest BCUT2D eigenvalue weighted by Gasteiger charge is -2.39. The molecule has 0 N–H and O–H groups in total. The maximum atomic E-state index is 13.5. The molecule has 3 heterocycles. The highest BCUT2D eigenvalue weighted by Gasteiger charge is 2.44. The lowest BCUT2D eigenvalue weighted by Crippen LogP contribution is -2.49. The van der Waals surface area contributed by atoms with Gasteiger partial charge in [0.2, 0.25) is 6.79 Å². The fourth-order valence-corrected chi connectivity index (χ4v) is 6.54. The number of piperidine rings is 1. The summed E-state index contributed by atoms with van der Waals surface area (Å²) in [4.78, 5) is 16.7. The SMILES string of the molecule is COc1ccc(SCc2ccc(C(=O)N3[C@H]4CC[C@H]3CC(Oc3ccc5c(c3)OCO5)C4)cc2)cc1OC. The number of carbonyl (C=O) groups is 1. The van der Waals surface area contributed by atoms with Crippen LogP contribution in [0, 0.1) is 0 Å². The molecule has 0 radical (unpaired) electrons. The average Bonchev–Trinajstić information content (AvgIpc) is 3.52. The minimum atomic E-state index is 0.0906. The minimum absolute atomic E-state index is 0.0906. The summed E-state index contributed by atoms with van der Waals surface area (Å²) >= 11 is 1.72. The molecule has 8 heteroatoms. The van der Waals surface area contributed by atoms with Gasteiger partial charge in [0.1, 0.15) is 11.9 Å². The van der Waals surface area contributed by atoms with Crippen molar-refractivity contribution in [3.8, 4) is 28.7 Å². The average molecular weight is 534 g/mol. The quantitative estimate of drug-likeness (QED) is 0.332. The number of ether oxygens (including phenoxy) is 5. The van der Waals surface area contributed by atoms with Crippen LogP contribution in [0.5, 0.6) is 28.7 Å². The standard InChI is InChI=1S/C30H31NO6S/c1-33-26-12-10-25(16-28(26)34-2)38-17-19-3-5-20(6-4-19)30(32)31-21-7-8-22(31)14-24(13-21)37-23-9-11-27-29(15-23)36-18-35-27/h3-6,9-12,15-16,21-22,24H,7-8,13-14,17-18H2,1-2H3/t21-,22-/m0/s1. The van der Waals surface area contributed by atoms with Gasteiger partial charge in [-0.2, -0.15) is 0 Å². The summed E-state index contributed by atoms with van der Waals surface area (Å²) in [6.07, 6.45) is 3.83. The second kappa shape index (κ2) is 10.7. The monoisotopic (exact) mass is 533 g/mol. The van der Waals surface area contributed by atoms with Crippen LogP contribution in [0.2, 0.25) is 0 Å². The fraction of sp³-hybridized carbons (Fsp3) is 0.367. The molecule has 2 fully saturated rings. The Hall–Kier alpha value is -3.52. The van der Waals surface area contributed by atoms with E-state index in [1.54, 1.807) is 26.0 Å². The third kappa shape index (κ3) is 4.97. The molecule has 3 aliphatic heterocycles. The number of hydrogen-bond acceptors (Lipinski definition) is 7. The summed E-state index contributed by atoms with van der Waals surface area (Å²) in [5.41, 5.74) is 1.91. The maximum absolute atomic E-state index is 13.5. The zero-order valence-corrected chi connectivity index (χ0v) is 22.4. The van der Waals surface area contributed by atoms with Gasteiger partial charge in [0, 0.05) is 47.2 Å². The van der Waals surface area contributed by atoms with Crippen molar-refractivity contribution < 1.29 is 28.5 Å². The van der Waals surface area contributed by atoms with Crippen LogP contribution in [0.15, 0.2) is 65.6 Å². The van der Waals surface area contributed by atoms with Crippen LogP contribution in [0.1, 0.15) is 41.6 Å². The molecule has 0 spiro atoms. The first kappa shape index (κ1) is 24.8. The molecule has 1 amide bonds. The predicted octanol–water partition coefficient (Wildman–Crippen LogP) is 5.94. The molecule has 0 unspecified atom stereocenters. The van der Waals surface area contributed by atoms with Crippen molar-refractivity contribution in [2.24, 2.45) is 0 Å². The summed E-state index contributed by atoms with van der Waals surface area (Å²) in [5, 5.41) is 0. The first-order valence-electron chi connectivity index (χ1n) is 12.9. The largest absolute Gasteiger partial charge is 0.493 e. The summed E-state index contributed by atoms with van der Waals surface area (Å²) < 4.78 is 27.9. The molecule has 198 valence electrons. The Kier molecular flexibility index (Phi) is 6.98. The molecular weight excluding hydrogens is 502 g/mol. The van der Waals surface area contributed by atoms with E-state index in [0.717, 1.165) is 70.6 Å². The Morgan fingerprint density at radius 3 is 2.37 bits per heavy atom. The molecule has 2 saturated heterocycles. The molecular formula is C30H31NO6S. The number of amides is 1. The maximum Gasteiger partial charge on any atom is 0.254 e. The Labute approximate surface area is 227 Å². The Bertz CT molecular complexity index is 1300. The lowest BCUT2D eigenvalue weighted by atomic mass is 9.98. The molecule has 3 aromatic carbocycles. The van der Waals surface area contributed by atoms with E-state index in [-0.39, 0.29) is 30.9 Å². The van der Waals surface area contributed by atoms with Gasteiger partial charge in [-0.3, -0.25) is 4.79 Å². The van der Waals surface area contributed by atoms with Crippen LogP contribution in [0.3, 0.4) is 0 Å². The van der Waals surface area contributed by atoms with Crippen molar-refractivity contribution in [3.05, 3.63) is 71.8 Å². The van der Waals surface area contributed by atoms with Crippen LogP contribution in [-0.4, -0.2) is 50.0 Å². The number of benzene rings is 3. The van der Waals surface area contributed by atoms with Gasteiger partial charge in [-0.15, -0.1) is 11.8 Å². The predicted molar refractivity (Wildman–Crippen MR) is 145 cm³/mol. The molecule has 38 heavy (non-hydrogen) atoms. The highest BCUT2D eigenvalue weighted by atomic mass is 32.2. The van der Waals surface area contributed by atoms with E-state index < -0.39 is 0 Å². The normalized spacial score (nSPS) is 21.3. The van der Waals surface area contributed by atoms with Crippen molar-refractivity contribution >= 4 is 17.7 Å². The highest BCUT2D eigenvalue weighted by Crippen LogP contribution is 2.40. The summed E-state index contributed by atoms with van der Waals surface area (Å²) in [6.45, 7) is 0.251. The van der Waals surface area contributed by atoms with Crippen LogP contribution >= 0.6 is 11.8 Å². The summed E-state index contributed by atoms with van der Waals surface area (Å²) in [6, 6.07) is 20.1. The summed E-state index contributed by atoms with van der Waals surface area (Å²) in [7, 11) is 3.28. The van der Waals surface area contributed by atoms with Gasteiger partial charge in [-0.25, -0.2) is 0 Å². The second-order valence-corrected chi connectivity index (χ2v) is 10.9. The number of thioether (sulfide) groups is 1. The highest BCUT2D eigenvalue weighted by molar-refractivity contribution is 7.98. The lowest BCUT2D eigenvalue weighted by molar-refractivity contribution is 0.0358. The number of fused-ring (bicyclic) bond motifs is 3. The zero-order chi connectivity index (χ0) is 26.1. The van der Waals surface area contributed by atoms with E-state index in [9.17, 15) is 4.79 Å². The molecule has 2 bridgehead atoms. The van der Waals surface area contributed by atoms with Gasteiger partial charge in [0.25, 0.3) is 5.91 Å². The molecule has 6 rings (SSSR count). The Morgan fingerprint density at radius 1 is 0.895 bits per heavy atom. The first-order valence-corrected chi connectivity index (χ1v) is 13.9. The van der Waals surface area contributed by atoms with E-state index >= 15 is 0 Å². The van der Waals surface area contributed by atoms with Gasteiger partial charge in [0.15, 0.2) is 23.0 Å². The van der Waals surface area contributed by atoms with Gasteiger partial charge in [-0.1, -0.05) is 12.1 Å². The van der Waals surface area contributed by atoms with E-state index in [2.05, 4.69) is 17.0 Å². The zero-order valence-electron chi connectivity index (χ0n) is 21.6. The Morgan fingerprint density at radius 2 is 1.63 bits per heavy atom. The fourth-order valence-electron chi connectivity index (χ4n) is 5.66. The smallest absolute Gasteiger partial charge is 0.254 e. The number of carbonyl (C=O) groups excluding carboxylic acids is 1. The number of hydrogen-bond donors (Lipinski definition) is 0. The van der Waals surface area contributed by atoms with Crippen molar-refractivity contribution in [3.63, 3.8) is 0 Å². The van der Waals surface area contributed by atoms with E-state index in [4.69, 9.17) is 23.7 Å². The number of methoxy groups -OCH3 is 2. The van der Waals surface area contributed by atoms with Gasteiger partial charge in [-0.05, 0) is 60.9 Å². The third-order valence-electron chi connectivity index (χ3n) is 7.53. The van der Waals surface area contributed by atoms with Gasteiger partial charge >= 0.3 is 0 Å². The van der Waals surface area contributed by atoms with E-state index in [1.165, 1.54) is 5.56 Å². The molecule has 3 aliphatic rings. The van der Waals surface area contributed by atoms with Crippen LogP contribution < -0.4 is 23.7 Å². The summed E-state index contributed by atoms with van der Waals surface area (Å²) in [5.74, 6) is 4.64. The van der Waals surface area contributed by atoms with E-state index in [0.29, 0.717) is 0 Å². The first-order chi connectivity index (χ1) is 18.6. The molecule has 7 nitrogen and oxygen atoms in total. The molecule has 2 atom stereocenters. The van der Waals surface area contributed by atoms with Crippen LogP contribution in [0.4, 0.5) is 0 Å². The van der Waals surface area contributed by atoms with Gasteiger partial charge in [0.05, 0.1) is 14.2 Å². The van der Waals surface area contributed by atoms with Crippen LogP contribution in [0.25, 0.3) is 0 Å². The van der Waals surface area contributed by atoms with Crippen molar-refractivity contribution in [1.29, 1.82) is 0 Å². The number of nitrogens with zero attached hydrogens (tertiary/aromatic N) is 1. The molecule has 0 aliphatic carbocycles. The minimum Gasteiger partial charge on any atom is -0.493 e. The van der Waals surface area contributed by atoms with Crippen LogP contribution in [-0.2, 0) is 5.75 Å². The van der Waals surface area contributed by atoms with E-state index in [1.807, 2.05) is 48.5 Å². The molecule has 0 saturated carbocycles. The molecule has 3 aromatic rings. The van der Waals surface area contributed by atoms with Crippen molar-refractivity contribution in [2.45, 2.75) is 54.5 Å². The number of rotatable bonds is 8.